The van der Waals surface area contributed by atoms with Crippen LogP contribution in [-0.2, 0) is 14.0 Å². The van der Waals surface area contributed by atoms with E-state index in [0.717, 1.165) is 32.0 Å². The lowest BCUT2D eigenvalue weighted by Gasteiger charge is -2.41. The number of allylic oxidation sites excluding steroid dienone is 2. The summed E-state index contributed by atoms with van der Waals surface area (Å²) in [5.41, 5.74) is 0.387. The average Bonchev–Trinajstić information content (AvgIpc) is 2.70. The third-order valence-electron chi connectivity index (χ3n) is 3.98. The van der Waals surface area contributed by atoms with E-state index in [1.165, 1.54) is 5.57 Å². The van der Waals surface area contributed by atoms with E-state index < -0.39 is 13.9 Å². The van der Waals surface area contributed by atoms with Crippen molar-refractivity contribution < 1.29 is 14.0 Å². The minimum atomic E-state index is -1.68. The first-order valence-electron chi connectivity index (χ1n) is 7.97. The number of carbonyl (C=O) groups excluding carboxylic acids is 1. The molecule has 4 heteroatoms. The second-order valence-electron chi connectivity index (χ2n) is 7.92. The summed E-state index contributed by atoms with van der Waals surface area (Å²) in [6.45, 7) is 14.9. The van der Waals surface area contributed by atoms with E-state index >= 15 is 0 Å². The van der Waals surface area contributed by atoms with E-state index in [2.05, 4.69) is 46.5 Å². The number of rotatable bonds is 7. The van der Waals surface area contributed by atoms with Gasteiger partial charge in [-0.2, -0.15) is 0 Å². The molecule has 0 aromatic rings. The molecule has 21 heavy (non-hydrogen) atoms. The molecular formula is C17H32O3Si. The minimum absolute atomic E-state index is 0.00462. The van der Waals surface area contributed by atoms with Crippen molar-refractivity contribution in [2.24, 2.45) is 0 Å². The lowest BCUT2D eigenvalue weighted by Crippen LogP contribution is -2.49. The van der Waals surface area contributed by atoms with Crippen molar-refractivity contribution in [1.29, 1.82) is 0 Å². The third-order valence-corrected chi connectivity index (χ3v) is 5.06. The molecule has 3 atom stereocenters. The lowest BCUT2D eigenvalue weighted by molar-refractivity contribution is -0.141. The van der Waals surface area contributed by atoms with Gasteiger partial charge in [-0.25, -0.2) is 0 Å². The van der Waals surface area contributed by atoms with Gasteiger partial charge in [0, 0.05) is 0 Å². The van der Waals surface area contributed by atoms with Gasteiger partial charge in [0.05, 0.1) is 11.7 Å². The molecule has 0 amide bonds. The van der Waals surface area contributed by atoms with Crippen LogP contribution in [0.15, 0.2) is 11.6 Å². The molecule has 1 fully saturated rings. The fourth-order valence-electron chi connectivity index (χ4n) is 3.00. The molecule has 1 heterocycles. The Bertz CT molecular complexity index is 395. The van der Waals surface area contributed by atoms with Crippen LogP contribution < -0.4 is 0 Å². The molecule has 0 aromatic carbocycles. The Hall–Kier alpha value is -0.453. The summed E-state index contributed by atoms with van der Waals surface area (Å²) >= 11 is 0. The van der Waals surface area contributed by atoms with Gasteiger partial charge in [-0.3, -0.25) is 0 Å². The molecule has 0 spiro atoms. The highest BCUT2D eigenvalue weighted by atomic mass is 28.4. The summed E-state index contributed by atoms with van der Waals surface area (Å²) in [7, 11) is -1.68. The van der Waals surface area contributed by atoms with Gasteiger partial charge in [-0.1, -0.05) is 11.6 Å². The van der Waals surface area contributed by atoms with E-state index in [4.69, 9.17) is 9.16 Å². The Morgan fingerprint density at radius 1 is 1.43 bits per heavy atom. The largest absolute Gasteiger partial charge is 0.410 e. The molecule has 122 valence electrons. The van der Waals surface area contributed by atoms with Crippen LogP contribution in [0.4, 0.5) is 0 Å². The monoisotopic (exact) mass is 312 g/mol. The second kappa shape index (κ2) is 6.76. The normalized spacial score (nSPS) is 29.0. The molecule has 1 rings (SSSR count). The predicted octanol–water partition coefficient (Wildman–Crippen LogP) is 4.48. The molecule has 0 radical (unpaired) electrons. The van der Waals surface area contributed by atoms with Crippen molar-refractivity contribution >= 4 is 14.6 Å². The first-order valence-corrected chi connectivity index (χ1v) is 11.4. The summed E-state index contributed by atoms with van der Waals surface area (Å²) < 4.78 is 12.6. The fourth-order valence-corrected chi connectivity index (χ4v) is 4.63. The van der Waals surface area contributed by atoms with Crippen LogP contribution in [-0.4, -0.2) is 31.9 Å². The summed E-state index contributed by atoms with van der Waals surface area (Å²) in [5.74, 6) is 0. The van der Waals surface area contributed by atoms with E-state index in [1.807, 2.05) is 6.92 Å². The van der Waals surface area contributed by atoms with Gasteiger partial charge >= 0.3 is 0 Å². The second-order valence-corrected chi connectivity index (χ2v) is 12.4. The van der Waals surface area contributed by atoms with Crippen LogP contribution >= 0.6 is 0 Å². The molecule has 0 aromatic heterocycles. The topological polar surface area (TPSA) is 35.5 Å². The van der Waals surface area contributed by atoms with Gasteiger partial charge in [0.2, 0.25) is 0 Å². The Morgan fingerprint density at radius 3 is 2.48 bits per heavy atom. The predicted molar refractivity (Wildman–Crippen MR) is 90.1 cm³/mol. The van der Waals surface area contributed by atoms with Crippen molar-refractivity contribution in [2.75, 3.05) is 0 Å². The number of hydrogen-bond donors (Lipinski definition) is 0. The van der Waals surface area contributed by atoms with E-state index in [1.54, 1.807) is 0 Å². The SMILES string of the molecule is CC(C)=CCC[C@](C)(O[Si](C)(C)C)[C@H]1CC[C@](C)(C=O)O1. The van der Waals surface area contributed by atoms with Crippen molar-refractivity contribution in [3.05, 3.63) is 11.6 Å². The van der Waals surface area contributed by atoms with Gasteiger partial charge in [-0.15, -0.1) is 0 Å². The van der Waals surface area contributed by atoms with E-state index in [0.29, 0.717) is 0 Å². The van der Waals surface area contributed by atoms with Crippen LogP contribution in [0.5, 0.6) is 0 Å². The smallest absolute Gasteiger partial charge is 0.184 e. The molecule has 1 saturated heterocycles. The van der Waals surface area contributed by atoms with Crippen molar-refractivity contribution in [3.8, 4) is 0 Å². The lowest BCUT2D eigenvalue weighted by atomic mass is 9.90. The standard InChI is InChI=1S/C17H32O3Si/c1-14(2)9-8-11-17(4,20-21(5,6)7)15-10-12-16(3,13-18)19-15/h9,13,15H,8,10-12H2,1-7H3/t15-,16-,17+/m1/s1. The summed E-state index contributed by atoms with van der Waals surface area (Å²) in [5, 5.41) is 0. The average molecular weight is 313 g/mol. The molecule has 3 nitrogen and oxygen atoms in total. The van der Waals surface area contributed by atoms with E-state index in [-0.39, 0.29) is 11.7 Å². The van der Waals surface area contributed by atoms with Gasteiger partial charge < -0.3 is 14.0 Å². The summed E-state index contributed by atoms with van der Waals surface area (Å²) in [6.07, 6.45) is 6.80. The Morgan fingerprint density at radius 2 is 2.05 bits per heavy atom. The molecule has 0 saturated carbocycles. The fraction of sp³-hybridized carbons (Fsp3) is 0.824. The number of carbonyl (C=O) groups is 1. The van der Waals surface area contributed by atoms with Crippen LogP contribution in [0.3, 0.4) is 0 Å². The Balaban J connectivity index is 2.86. The van der Waals surface area contributed by atoms with Crippen LogP contribution in [0, 0.1) is 0 Å². The van der Waals surface area contributed by atoms with Gasteiger partial charge in [0.1, 0.15) is 5.60 Å². The highest BCUT2D eigenvalue weighted by Gasteiger charge is 2.47. The van der Waals surface area contributed by atoms with E-state index in [9.17, 15) is 4.79 Å². The number of hydrogen-bond acceptors (Lipinski definition) is 3. The molecule has 0 aliphatic carbocycles. The zero-order chi connectivity index (χ0) is 16.3. The molecule has 0 unspecified atom stereocenters. The van der Waals surface area contributed by atoms with Gasteiger partial charge in [0.25, 0.3) is 0 Å². The van der Waals surface area contributed by atoms with Crippen LogP contribution in [0.25, 0.3) is 0 Å². The van der Waals surface area contributed by atoms with Gasteiger partial charge in [0.15, 0.2) is 14.6 Å². The Labute approximate surface area is 131 Å². The summed E-state index contributed by atoms with van der Waals surface area (Å²) in [6, 6.07) is 0. The van der Waals surface area contributed by atoms with Crippen LogP contribution in [0.2, 0.25) is 19.6 Å². The number of ether oxygens (including phenoxy) is 1. The van der Waals surface area contributed by atoms with Crippen molar-refractivity contribution in [1.82, 2.24) is 0 Å². The molecule has 0 bridgehead atoms. The Kier molecular flexibility index (Phi) is 5.98. The third kappa shape index (κ3) is 5.68. The molecular weight excluding hydrogens is 280 g/mol. The molecule has 1 aliphatic heterocycles. The molecule has 0 N–H and O–H groups in total. The maximum atomic E-state index is 11.2. The van der Waals surface area contributed by atoms with Crippen molar-refractivity contribution in [3.63, 3.8) is 0 Å². The first-order chi connectivity index (χ1) is 9.50. The zero-order valence-corrected chi connectivity index (χ0v) is 15.8. The van der Waals surface area contributed by atoms with Gasteiger partial charge in [-0.05, 0) is 73.0 Å². The number of aldehydes is 1. The molecule has 1 aliphatic rings. The minimum Gasteiger partial charge on any atom is -0.410 e. The highest BCUT2D eigenvalue weighted by molar-refractivity contribution is 6.69. The quantitative estimate of drug-likeness (QED) is 0.395. The highest BCUT2D eigenvalue weighted by Crippen LogP contribution is 2.39. The first kappa shape index (κ1) is 18.6. The van der Waals surface area contributed by atoms with Crippen LogP contribution in [0.1, 0.15) is 53.4 Å². The maximum Gasteiger partial charge on any atom is 0.184 e. The zero-order valence-electron chi connectivity index (χ0n) is 14.8. The van der Waals surface area contributed by atoms with Crippen molar-refractivity contribution in [2.45, 2.75) is 90.3 Å². The summed E-state index contributed by atoms with van der Waals surface area (Å²) in [4.78, 5) is 11.2. The maximum absolute atomic E-state index is 11.2.